The first-order chi connectivity index (χ1) is 9.06. The maximum atomic E-state index is 5.98. The summed E-state index contributed by atoms with van der Waals surface area (Å²) in [5.74, 6) is 1.15. The van der Waals surface area contributed by atoms with Gasteiger partial charge in [0.25, 0.3) is 0 Å². The van der Waals surface area contributed by atoms with Crippen LogP contribution in [0.4, 0.5) is 5.69 Å². The maximum Gasteiger partial charge on any atom is 0.222 e. The van der Waals surface area contributed by atoms with Crippen LogP contribution in [-0.2, 0) is 0 Å². The molecule has 0 fully saturated rings. The quantitative estimate of drug-likeness (QED) is 0.687. The SMILES string of the molecule is CC(C)COc1ccc(-c2ccnc(Cl)n2)cc1N. The fraction of sp³-hybridized carbons (Fsp3) is 0.286. The molecular weight excluding hydrogens is 262 g/mol. The molecule has 1 heterocycles. The van der Waals surface area contributed by atoms with Gasteiger partial charge in [0, 0.05) is 11.8 Å². The monoisotopic (exact) mass is 277 g/mol. The normalized spacial score (nSPS) is 10.7. The zero-order valence-corrected chi connectivity index (χ0v) is 11.7. The van der Waals surface area contributed by atoms with Gasteiger partial charge in [-0.2, -0.15) is 0 Å². The number of hydrogen-bond donors (Lipinski definition) is 1. The van der Waals surface area contributed by atoms with Gasteiger partial charge in [0.05, 0.1) is 18.0 Å². The van der Waals surface area contributed by atoms with E-state index in [4.69, 9.17) is 22.1 Å². The molecule has 0 atom stereocenters. The minimum absolute atomic E-state index is 0.219. The van der Waals surface area contributed by atoms with Crippen molar-refractivity contribution in [2.45, 2.75) is 13.8 Å². The van der Waals surface area contributed by atoms with E-state index >= 15 is 0 Å². The van der Waals surface area contributed by atoms with Crippen LogP contribution in [0, 0.1) is 5.92 Å². The summed E-state index contributed by atoms with van der Waals surface area (Å²) >= 11 is 5.77. The van der Waals surface area contributed by atoms with Crippen LogP contribution in [0.1, 0.15) is 13.8 Å². The number of anilines is 1. The molecule has 0 aliphatic carbocycles. The second-order valence-electron chi connectivity index (χ2n) is 4.67. The molecule has 2 rings (SSSR count). The lowest BCUT2D eigenvalue weighted by Gasteiger charge is -2.12. The summed E-state index contributed by atoms with van der Waals surface area (Å²) in [5.41, 5.74) is 8.20. The summed E-state index contributed by atoms with van der Waals surface area (Å²) in [6.07, 6.45) is 1.62. The van der Waals surface area contributed by atoms with Gasteiger partial charge in [0.1, 0.15) is 5.75 Å². The Morgan fingerprint density at radius 1 is 1.32 bits per heavy atom. The van der Waals surface area contributed by atoms with Crippen LogP contribution >= 0.6 is 11.6 Å². The van der Waals surface area contributed by atoms with Crippen LogP contribution in [0.3, 0.4) is 0 Å². The second kappa shape index (κ2) is 5.89. The van der Waals surface area contributed by atoms with E-state index in [9.17, 15) is 0 Å². The van der Waals surface area contributed by atoms with Gasteiger partial charge >= 0.3 is 0 Å². The third kappa shape index (κ3) is 3.58. The first-order valence-corrected chi connectivity index (χ1v) is 6.45. The smallest absolute Gasteiger partial charge is 0.222 e. The van der Waals surface area contributed by atoms with E-state index in [1.165, 1.54) is 0 Å². The van der Waals surface area contributed by atoms with Crippen molar-refractivity contribution in [3.63, 3.8) is 0 Å². The fourth-order valence-electron chi connectivity index (χ4n) is 1.59. The fourth-order valence-corrected chi connectivity index (χ4v) is 1.74. The topological polar surface area (TPSA) is 61.0 Å². The lowest BCUT2D eigenvalue weighted by Crippen LogP contribution is -2.06. The van der Waals surface area contributed by atoms with Gasteiger partial charge in [-0.15, -0.1) is 0 Å². The summed E-state index contributed by atoms with van der Waals surface area (Å²) in [6.45, 7) is 4.82. The molecule has 1 aromatic carbocycles. The Balaban J connectivity index is 2.23. The predicted molar refractivity (Wildman–Crippen MR) is 77.2 cm³/mol. The molecule has 5 heteroatoms. The number of benzene rings is 1. The predicted octanol–water partition coefficient (Wildman–Crippen LogP) is 3.41. The van der Waals surface area contributed by atoms with E-state index in [-0.39, 0.29) is 5.28 Å². The number of nitrogen functional groups attached to an aromatic ring is 1. The minimum Gasteiger partial charge on any atom is -0.491 e. The highest BCUT2D eigenvalue weighted by Gasteiger charge is 2.06. The lowest BCUT2D eigenvalue weighted by atomic mass is 10.1. The van der Waals surface area contributed by atoms with E-state index in [0.717, 1.165) is 11.3 Å². The van der Waals surface area contributed by atoms with E-state index in [0.29, 0.717) is 24.0 Å². The molecule has 1 aromatic heterocycles. The van der Waals surface area contributed by atoms with Crippen molar-refractivity contribution < 1.29 is 4.74 Å². The Bertz CT molecular complexity index is 572. The molecule has 19 heavy (non-hydrogen) atoms. The van der Waals surface area contributed by atoms with Crippen molar-refractivity contribution in [2.24, 2.45) is 5.92 Å². The standard InChI is InChI=1S/C14H16ClN3O/c1-9(2)8-19-13-4-3-10(7-11(13)16)12-5-6-17-14(15)18-12/h3-7,9H,8,16H2,1-2H3. The highest BCUT2D eigenvalue weighted by Crippen LogP contribution is 2.28. The van der Waals surface area contributed by atoms with Gasteiger partial charge in [-0.3, -0.25) is 0 Å². The zero-order chi connectivity index (χ0) is 13.8. The molecule has 0 aliphatic heterocycles. The Labute approximate surface area is 117 Å². The average Bonchev–Trinajstić information content (AvgIpc) is 2.37. The van der Waals surface area contributed by atoms with Gasteiger partial charge in [-0.05, 0) is 41.8 Å². The van der Waals surface area contributed by atoms with Crippen LogP contribution in [0.2, 0.25) is 5.28 Å². The summed E-state index contributed by atoms with van der Waals surface area (Å²) in [7, 11) is 0. The zero-order valence-electron chi connectivity index (χ0n) is 10.9. The molecule has 0 saturated heterocycles. The Hall–Kier alpha value is -1.81. The van der Waals surface area contributed by atoms with Crippen molar-refractivity contribution in [3.05, 3.63) is 35.7 Å². The molecule has 2 N–H and O–H groups in total. The third-order valence-corrected chi connectivity index (χ3v) is 2.69. The number of aromatic nitrogens is 2. The second-order valence-corrected chi connectivity index (χ2v) is 5.01. The Morgan fingerprint density at radius 3 is 2.74 bits per heavy atom. The number of nitrogens with two attached hydrogens (primary N) is 1. The van der Waals surface area contributed by atoms with Crippen LogP contribution in [-0.4, -0.2) is 16.6 Å². The number of hydrogen-bond acceptors (Lipinski definition) is 4. The average molecular weight is 278 g/mol. The molecule has 0 saturated carbocycles. The number of rotatable bonds is 4. The van der Waals surface area contributed by atoms with Crippen LogP contribution in [0.15, 0.2) is 30.5 Å². The number of ether oxygens (including phenoxy) is 1. The van der Waals surface area contributed by atoms with E-state index in [1.807, 2.05) is 18.2 Å². The lowest BCUT2D eigenvalue weighted by molar-refractivity contribution is 0.272. The molecule has 100 valence electrons. The number of halogens is 1. The maximum absolute atomic E-state index is 5.98. The molecule has 0 radical (unpaired) electrons. The first-order valence-electron chi connectivity index (χ1n) is 6.07. The van der Waals surface area contributed by atoms with E-state index in [2.05, 4.69) is 23.8 Å². The summed E-state index contributed by atoms with van der Waals surface area (Å²) < 4.78 is 5.63. The number of nitrogens with zero attached hydrogens (tertiary/aromatic N) is 2. The molecule has 0 unspecified atom stereocenters. The highest BCUT2D eigenvalue weighted by atomic mass is 35.5. The van der Waals surface area contributed by atoms with Crippen molar-refractivity contribution >= 4 is 17.3 Å². The van der Waals surface area contributed by atoms with Gasteiger partial charge in [0.2, 0.25) is 5.28 Å². The van der Waals surface area contributed by atoms with Gasteiger partial charge in [0.15, 0.2) is 0 Å². The molecule has 0 bridgehead atoms. The Kier molecular flexibility index (Phi) is 4.22. The minimum atomic E-state index is 0.219. The molecule has 0 spiro atoms. The molecule has 0 aliphatic rings. The summed E-state index contributed by atoms with van der Waals surface area (Å²) in [6, 6.07) is 7.37. The molecule has 0 amide bonds. The third-order valence-electron chi connectivity index (χ3n) is 2.50. The van der Waals surface area contributed by atoms with Crippen molar-refractivity contribution in [1.82, 2.24) is 9.97 Å². The molecule has 4 nitrogen and oxygen atoms in total. The first kappa shape index (κ1) is 13.6. The van der Waals surface area contributed by atoms with E-state index in [1.54, 1.807) is 12.3 Å². The van der Waals surface area contributed by atoms with Crippen molar-refractivity contribution in [3.8, 4) is 17.0 Å². The van der Waals surface area contributed by atoms with Crippen LogP contribution in [0.5, 0.6) is 5.75 Å². The van der Waals surface area contributed by atoms with Gasteiger partial charge in [-0.1, -0.05) is 13.8 Å². The Morgan fingerprint density at radius 2 is 2.11 bits per heavy atom. The van der Waals surface area contributed by atoms with E-state index < -0.39 is 0 Å². The summed E-state index contributed by atoms with van der Waals surface area (Å²) in [5, 5.41) is 0.219. The van der Waals surface area contributed by atoms with Crippen molar-refractivity contribution in [2.75, 3.05) is 12.3 Å². The van der Waals surface area contributed by atoms with Gasteiger partial charge in [-0.25, -0.2) is 9.97 Å². The molecule has 2 aromatic rings. The van der Waals surface area contributed by atoms with Crippen molar-refractivity contribution in [1.29, 1.82) is 0 Å². The highest BCUT2D eigenvalue weighted by molar-refractivity contribution is 6.28. The van der Waals surface area contributed by atoms with Gasteiger partial charge < -0.3 is 10.5 Å². The molecular formula is C14H16ClN3O. The van der Waals surface area contributed by atoms with Crippen LogP contribution < -0.4 is 10.5 Å². The summed E-state index contributed by atoms with van der Waals surface area (Å²) in [4.78, 5) is 8.00. The largest absolute Gasteiger partial charge is 0.491 e. The van der Waals surface area contributed by atoms with Crippen LogP contribution in [0.25, 0.3) is 11.3 Å².